The average Bonchev–Trinajstić information content (AvgIpc) is 3.63. The summed E-state index contributed by atoms with van der Waals surface area (Å²) < 4.78 is 7.44. The van der Waals surface area contributed by atoms with Gasteiger partial charge in [0.15, 0.2) is 5.82 Å². The highest BCUT2D eigenvalue weighted by Gasteiger charge is 2.27. The summed E-state index contributed by atoms with van der Waals surface area (Å²) in [4.78, 5) is 47.0. The number of benzene rings is 2. The molecule has 1 saturated heterocycles. The minimum Gasteiger partial charge on any atom is -0.496 e. The third-order valence-electron chi connectivity index (χ3n) is 8.67. The number of halogens is 2. The highest BCUT2D eigenvalue weighted by atomic mass is 35.5. The number of hydrogen-bond donors (Lipinski definition) is 4. The van der Waals surface area contributed by atoms with E-state index in [1.165, 1.54) is 0 Å². The number of aliphatic carboxylic acids is 1. The fourth-order valence-corrected chi connectivity index (χ4v) is 6.83. The number of anilines is 1. The maximum Gasteiger partial charge on any atom is 0.317 e. The van der Waals surface area contributed by atoms with Gasteiger partial charge in [-0.1, -0.05) is 47.5 Å². The van der Waals surface area contributed by atoms with E-state index in [1.807, 2.05) is 24.3 Å². The number of ether oxygens (including phenoxy) is 1. The van der Waals surface area contributed by atoms with Gasteiger partial charge in [-0.05, 0) is 24.6 Å². The van der Waals surface area contributed by atoms with E-state index < -0.39 is 11.9 Å². The molecule has 14 heteroatoms. The van der Waals surface area contributed by atoms with Gasteiger partial charge in [-0.15, -0.1) is 0 Å². The van der Waals surface area contributed by atoms with Crippen molar-refractivity contribution in [2.45, 2.75) is 38.4 Å². The SMILES string of the molecule is COc1cc(-c2nccc(-c3cccc(NC(=O)c4nc5c(n4C)CCN(CC(=O)O)C5)c3Cl)c2Cl)ccc1CNC[C@@H]1CCC(=O)N1. The second-order valence-electron chi connectivity index (χ2n) is 11.8. The number of nitrogens with zero attached hydrogens (tertiary/aromatic N) is 4. The second kappa shape index (κ2) is 14.3. The average molecular weight is 693 g/mol. The number of carboxylic acid groups (broad SMARTS) is 1. The molecule has 1 fully saturated rings. The van der Waals surface area contributed by atoms with Gasteiger partial charge < -0.3 is 30.4 Å². The molecule has 0 spiro atoms. The van der Waals surface area contributed by atoms with E-state index in [-0.39, 0.29) is 24.3 Å². The molecule has 4 N–H and O–H groups in total. The number of carboxylic acids is 1. The molecule has 6 rings (SSSR count). The van der Waals surface area contributed by atoms with Crippen LogP contribution in [0.2, 0.25) is 10.0 Å². The van der Waals surface area contributed by atoms with Crippen molar-refractivity contribution in [1.29, 1.82) is 0 Å². The van der Waals surface area contributed by atoms with Gasteiger partial charge in [-0.3, -0.25) is 24.3 Å². The first-order valence-electron chi connectivity index (χ1n) is 15.5. The first-order valence-corrected chi connectivity index (χ1v) is 16.3. The fourth-order valence-electron chi connectivity index (χ4n) is 6.23. The molecule has 250 valence electrons. The van der Waals surface area contributed by atoms with Gasteiger partial charge in [-0.2, -0.15) is 0 Å². The van der Waals surface area contributed by atoms with Crippen molar-refractivity contribution in [2.24, 2.45) is 7.05 Å². The van der Waals surface area contributed by atoms with Gasteiger partial charge >= 0.3 is 5.97 Å². The monoisotopic (exact) mass is 691 g/mol. The van der Waals surface area contributed by atoms with Crippen LogP contribution in [0, 0.1) is 0 Å². The van der Waals surface area contributed by atoms with Crippen LogP contribution in [0.15, 0.2) is 48.7 Å². The smallest absolute Gasteiger partial charge is 0.317 e. The van der Waals surface area contributed by atoms with Crippen molar-refractivity contribution in [3.05, 3.63) is 81.5 Å². The topological polar surface area (TPSA) is 151 Å². The Bertz CT molecular complexity index is 1900. The molecule has 2 amide bonds. The third kappa shape index (κ3) is 7.02. The van der Waals surface area contributed by atoms with Crippen LogP contribution in [0.4, 0.5) is 5.69 Å². The van der Waals surface area contributed by atoms with Crippen molar-refractivity contribution in [2.75, 3.05) is 32.1 Å². The van der Waals surface area contributed by atoms with E-state index >= 15 is 0 Å². The summed E-state index contributed by atoms with van der Waals surface area (Å²) in [5.74, 6) is -0.373. The molecule has 48 heavy (non-hydrogen) atoms. The van der Waals surface area contributed by atoms with Crippen LogP contribution in [0.1, 0.15) is 40.4 Å². The Labute approximate surface area is 287 Å². The normalized spacial score (nSPS) is 16.0. The second-order valence-corrected chi connectivity index (χ2v) is 12.6. The summed E-state index contributed by atoms with van der Waals surface area (Å²) in [5.41, 5.74) is 5.47. The molecule has 0 radical (unpaired) electrons. The first kappa shape index (κ1) is 33.4. The van der Waals surface area contributed by atoms with Gasteiger partial charge in [0.1, 0.15) is 5.75 Å². The number of hydrogen-bond acceptors (Lipinski definition) is 8. The molecule has 2 aliphatic heterocycles. The fraction of sp³-hybridized carbons (Fsp3) is 0.324. The summed E-state index contributed by atoms with van der Waals surface area (Å²) in [6, 6.07) is 13.0. The van der Waals surface area contributed by atoms with Crippen LogP contribution in [0.25, 0.3) is 22.4 Å². The molecule has 4 aromatic rings. The Morgan fingerprint density at radius 3 is 2.69 bits per heavy atom. The number of imidazole rings is 1. The number of carbonyl (C=O) groups is 3. The van der Waals surface area contributed by atoms with Gasteiger partial charge in [0.2, 0.25) is 5.91 Å². The molecule has 0 unspecified atom stereocenters. The number of amides is 2. The van der Waals surface area contributed by atoms with E-state index in [2.05, 4.69) is 25.9 Å². The number of fused-ring (bicyclic) bond motifs is 1. The Morgan fingerprint density at radius 1 is 1.12 bits per heavy atom. The highest BCUT2D eigenvalue weighted by molar-refractivity contribution is 6.39. The van der Waals surface area contributed by atoms with Crippen molar-refractivity contribution < 1.29 is 24.2 Å². The van der Waals surface area contributed by atoms with Gasteiger partial charge in [-0.25, -0.2) is 4.98 Å². The number of methoxy groups -OCH3 is 1. The van der Waals surface area contributed by atoms with Gasteiger partial charge in [0, 0.05) is 86.3 Å². The van der Waals surface area contributed by atoms with Crippen LogP contribution in [-0.2, 0) is 36.1 Å². The van der Waals surface area contributed by atoms with Crippen LogP contribution in [0.3, 0.4) is 0 Å². The molecule has 4 heterocycles. The molecule has 1 atom stereocenters. The summed E-state index contributed by atoms with van der Waals surface area (Å²) in [6.07, 6.45) is 3.63. The molecule has 2 aliphatic rings. The lowest BCUT2D eigenvalue weighted by Gasteiger charge is -2.24. The highest BCUT2D eigenvalue weighted by Crippen LogP contribution is 2.41. The molecule has 0 bridgehead atoms. The standard InChI is InChI=1S/C34H35Cl2N7O5/c1-42-26-11-13-43(18-29(45)46)17-25(26)40-33(42)34(47)41-24-5-3-4-22(30(24)35)23-10-12-38-32(31(23)36)19-6-7-20(27(14-19)48-2)15-37-16-21-8-9-28(44)39-21/h3-7,10,12,14,21,37H,8-9,11,13,15-18H2,1-2H3,(H,39,44)(H,41,47)(H,45,46)/t21-/m0/s1. The van der Waals surface area contributed by atoms with E-state index in [0.29, 0.717) is 83.0 Å². The van der Waals surface area contributed by atoms with E-state index in [0.717, 1.165) is 23.2 Å². The number of nitrogens with one attached hydrogen (secondary N) is 3. The minimum atomic E-state index is -0.905. The van der Waals surface area contributed by atoms with Crippen molar-refractivity contribution in [3.8, 4) is 28.1 Å². The summed E-state index contributed by atoms with van der Waals surface area (Å²) in [7, 11) is 3.39. The number of pyridine rings is 1. The third-order valence-corrected chi connectivity index (χ3v) is 9.46. The Kier molecular flexibility index (Phi) is 9.97. The van der Waals surface area contributed by atoms with Gasteiger partial charge in [0.05, 0.1) is 40.8 Å². The van der Waals surface area contributed by atoms with Crippen molar-refractivity contribution >= 4 is 46.7 Å². The van der Waals surface area contributed by atoms with E-state index in [9.17, 15) is 14.4 Å². The minimum absolute atomic E-state index is 0.0845. The molecular formula is C34H35Cl2N7O5. The predicted octanol–water partition coefficient (Wildman–Crippen LogP) is 4.53. The summed E-state index contributed by atoms with van der Waals surface area (Å²) in [5, 5.41) is 19.1. The van der Waals surface area contributed by atoms with Crippen molar-refractivity contribution in [1.82, 2.24) is 30.1 Å². The lowest BCUT2D eigenvalue weighted by molar-refractivity contribution is -0.138. The Morgan fingerprint density at radius 2 is 1.94 bits per heavy atom. The van der Waals surface area contributed by atoms with Gasteiger partial charge in [0.25, 0.3) is 5.91 Å². The van der Waals surface area contributed by atoms with E-state index in [1.54, 1.807) is 48.0 Å². The number of carbonyl (C=O) groups excluding carboxylic acids is 2. The largest absolute Gasteiger partial charge is 0.496 e. The van der Waals surface area contributed by atoms with Crippen LogP contribution >= 0.6 is 23.2 Å². The van der Waals surface area contributed by atoms with Crippen LogP contribution in [0.5, 0.6) is 5.75 Å². The molecular weight excluding hydrogens is 657 g/mol. The zero-order valence-corrected chi connectivity index (χ0v) is 28.0. The lowest BCUT2D eigenvalue weighted by Crippen LogP contribution is -2.35. The Balaban J connectivity index is 1.20. The zero-order chi connectivity index (χ0) is 33.9. The quantitative estimate of drug-likeness (QED) is 0.178. The molecule has 12 nitrogen and oxygen atoms in total. The summed E-state index contributed by atoms with van der Waals surface area (Å²) >= 11 is 13.9. The summed E-state index contributed by atoms with van der Waals surface area (Å²) in [6.45, 7) is 2.07. The van der Waals surface area contributed by atoms with Crippen LogP contribution in [-0.4, -0.2) is 75.1 Å². The maximum absolute atomic E-state index is 13.4. The molecule has 0 saturated carbocycles. The number of aromatic nitrogens is 3. The Hall–Kier alpha value is -4.49. The maximum atomic E-state index is 13.4. The van der Waals surface area contributed by atoms with Crippen LogP contribution < -0.4 is 20.7 Å². The lowest BCUT2D eigenvalue weighted by atomic mass is 10.0. The molecule has 2 aromatic carbocycles. The van der Waals surface area contributed by atoms with Crippen molar-refractivity contribution in [3.63, 3.8) is 0 Å². The molecule has 2 aromatic heterocycles. The predicted molar refractivity (Wildman–Crippen MR) is 182 cm³/mol. The molecule has 0 aliphatic carbocycles. The number of rotatable bonds is 11. The van der Waals surface area contributed by atoms with E-state index in [4.69, 9.17) is 33.0 Å². The first-order chi connectivity index (χ1) is 23.1. The zero-order valence-electron chi connectivity index (χ0n) is 26.5.